The predicted octanol–water partition coefficient (Wildman–Crippen LogP) is 4.28. The second kappa shape index (κ2) is 6.36. The van der Waals surface area contributed by atoms with Crippen molar-refractivity contribution in [1.82, 2.24) is 0 Å². The number of hydrogen-bond acceptors (Lipinski definition) is 4. The summed E-state index contributed by atoms with van der Waals surface area (Å²) in [5.41, 5.74) is 2.09. The van der Waals surface area contributed by atoms with Crippen LogP contribution in [0.2, 0.25) is 0 Å². The summed E-state index contributed by atoms with van der Waals surface area (Å²) < 4.78 is 16.8. The van der Waals surface area contributed by atoms with Crippen LogP contribution in [-0.4, -0.2) is 19.1 Å². The largest absolute Gasteiger partial charge is 0.486 e. The zero-order valence-corrected chi connectivity index (χ0v) is 13.7. The second-order valence-corrected chi connectivity index (χ2v) is 5.76. The highest BCUT2D eigenvalue weighted by atomic mass is 16.6. The molecular weight excluding hydrogens is 318 g/mol. The maximum absolute atomic E-state index is 12.6. The van der Waals surface area contributed by atoms with E-state index in [1.165, 1.54) is 0 Å². The van der Waals surface area contributed by atoms with Gasteiger partial charge in [0.2, 0.25) is 0 Å². The normalized spacial score (nSPS) is 12.7. The van der Waals surface area contributed by atoms with E-state index in [2.05, 4.69) is 5.32 Å². The van der Waals surface area contributed by atoms with Gasteiger partial charge < -0.3 is 19.2 Å². The van der Waals surface area contributed by atoms with Crippen LogP contribution in [0.4, 0.5) is 5.69 Å². The Balaban J connectivity index is 1.56. The lowest BCUT2D eigenvalue weighted by Gasteiger charge is -2.18. The highest BCUT2D eigenvalue weighted by Crippen LogP contribution is 2.33. The molecule has 5 nitrogen and oxygen atoms in total. The molecule has 0 aliphatic carbocycles. The molecule has 1 N–H and O–H groups in total. The Morgan fingerprint density at radius 1 is 0.960 bits per heavy atom. The van der Waals surface area contributed by atoms with Crippen molar-refractivity contribution in [3.05, 3.63) is 65.9 Å². The van der Waals surface area contributed by atoms with E-state index < -0.39 is 0 Å². The van der Waals surface area contributed by atoms with Crippen LogP contribution in [0, 0.1) is 6.92 Å². The van der Waals surface area contributed by atoms with Crippen molar-refractivity contribution in [3.8, 4) is 22.8 Å². The minimum absolute atomic E-state index is 0.222. The summed E-state index contributed by atoms with van der Waals surface area (Å²) in [4.78, 5) is 12.6. The SMILES string of the molecule is Cc1oc(-c2ccccc2)cc1C(=O)Nc1ccc2c(c1)OCCO2. The van der Waals surface area contributed by atoms with Gasteiger partial charge in [0.25, 0.3) is 5.91 Å². The third-order valence-electron chi connectivity index (χ3n) is 4.02. The van der Waals surface area contributed by atoms with Gasteiger partial charge in [-0.15, -0.1) is 0 Å². The van der Waals surface area contributed by atoms with Crippen LogP contribution in [0.25, 0.3) is 11.3 Å². The number of carbonyl (C=O) groups excluding carboxylic acids is 1. The molecule has 1 amide bonds. The van der Waals surface area contributed by atoms with Crippen molar-refractivity contribution in [1.29, 1.82) is 0 Å². The van der Waals surface area contributed by atoms with Gasteiger partial charge in [-0.05, 0) is 25.1 Å². The van der Waals surface area contributed by atoms with E-state index in [0.29, 0.717) is 47.5 Å². The number of anilines is 1. The molecular formula is C20H17NO4. The molecule has 0 atom stereocenters. The van der Waals surface area contributed by atoms with Gasteiger partial charge in [-0.2, -0.15) is 0 Å². The number of rotatable bonds is 3. The molecule has 1 aliphatic heterocycles. The highest BCUT2D eigenvalue weighted by Gasteiger charge is 2.18. The summed E-state index contributed by atoms with van der Waals surface area (Å²) in [6.45, 7) is 2.83. The predicted molar refractivity (Wildman–Crippen MR) is 94.3 cm³/mol. The molecule has 25 heavy (non-hydrogen) atoms. The number of carbonyl (C=O) groups is 1. The number of fused-ring (bicyclic) bond motifs is 1. The maximum atomic E-state index is 12.6. The summed E-state index contributed by atoms with van der Waals surface area (Å²) >= 11 is 0. The zero-order chi connectivity index (χ0) is 17.2. The van der Waals surface area contributed by atoms with Crippen LogP contribution in [0.15, 0.2) is 59.0 Å². The molecule has 1 aromatic heterocycles. The van der Waals surface area contributed by atoms with Crippen molar-refractivity contribution in [2.24, 2.45) is 0 Å². The first-order valence-electron chi connectivity index (χ1n) is 8.07. The molecule has 3 aromatic rings. The summed E-state index contributed by atoms with van der Waals surface area (Å²) in [5.74, 6) is 2.35. The van der Waals surface area contributed by atoms with E-state index in [0.717, 1.165) is 5.56 Å². The average Bonchev–Trinajstić information content (AvgIpc) is 3.04. The Morgan fingerprint density at radius 2 is 1.72 bits per heavy atom. The van der Waals surface area contributed by atoms with E-state index in [4.69, 9.17) is 13.9 Å². The first kappa shape index (κ1) is 15.3. The minimum atomic E-state index is -0.222. The molecule has 0 unspecified atom stereocenters. The molecule has 0 saturated heterocycles. The molecule has 0 bridgehead atoms. The first-order chi connectivity index (χ1) is 12.2. The molecule has 5 heteroatoms. The highest BCUT2D eigenvalue weighted by molar-refractivity contribution is 6.05. The Hall–Kier alpha value is -3.21. The smallest absolute Gasteiger partial charge is 0.259 e. The number of ether oxygens (including phenoxy) is 2. The van der Waals surface area contributed by atoms with Gasteiger partial charge in [0.05, 0.1) is 5.56 Å². The lowest BCUT2D eigenvalue weighted by molar-refractivity contribution is 0.102. The third-order valence-corrected chi connectivity index (χ3v) is 4.02. The van der Waals surface area contributed by atoms with E-state index in [9.17, 15) is 4.79 Å². The van der Waals surface area contributed by atoms with Gasteiger partial charge in [-0.25, -0.2) is 0 Å². The van der Waals surface area contributed by atoms with Crippen LogP contribution in [0.5, 0.6) is 11.5 Å². The topological polar surface area (TPSA) is 60.7 Å². The van der Waals surface area contributed by atoms with E-state index >= 15 is 0 Å². The number of benzene rings is 2. The van der Waals surface area contributed by atoms with Crippen molar-refractivity contribution in [3.63, 3.8) is 0 Å². The molecule has 1 aliphatic rings. The fourth-order valence-corrected chi connectivity index (χ4v) is 2.77. The van der Waals surface area contributed by atoms with E-state index in [1.807, 2.05) is 30.3 Å². The minimum Gasteiger partial charge on any atom is -0.486 e. The first-order valence-corrected chi connectivity index (χ1v) is 8.07. The van der Waals surface area contributed by atoms with Crippen LogP contribution in [0.3, 0.4) is 0 Å². The number of nitrogens with one attached hydrogen (secondary N) is 1. The van der Waals surface area contributed by atoms with Crippen LogP contribution >= 0.6 is 0 Å². The van der Waals surface area contributed by atoms with Crippen LogP contribution in [-0.2, 0) is 0 Å². The monoisotopic (exact) mass is 335 g/mol. The Bertz CT molecular complexity index is 915. The van der Waals surface area contributed by atoms with Crippen LogP contribution in [0.1, 0.15) is 16.1 Å². The van der Waals surface area contributed by atoms with Gasteiger partial charge in [0.1, 0.15) is 24.7 Å². The summed E-state index contributed by atoms with van der Waals surface area (Å²) in [6, 6.07) is 16.8. The number of aryl methyl sites for hydroxylation is 1. The standard InChI is InChI=1S/C20H17NO4/c1-13-16(12-18(25-13)14-5-3-2-4-6-14)20(22)21-15-7-8-17-19(11-15)24-10-9-23-17/h2-8,11-12H,9-10H2,1H3,(H,21,22). The lowest BCUT2D eigenvalue weighted by atomic mass is 10.1. The number of hydrogen-bond donors (Lipinski definition) is 1. The van der Waals surface area contributed by atoms with Crippen LogP contribution < -0.4 is 14.8 Å². The quantitative estimate of drug-likeness (QED) is 0.776. The molecule has 2 heterocycles. The average molecular weight is 335 g/mol. The van der Waals surface area contributed by atoms with Gasteiger partial charge >= 0.3 is 0 Å². The molecule has 4 rings (SSSR count). The van der Waals surface area contributed by atoms with Gasteiger partial charge in [0.15, 0.2) is 11.5 Å². The van der Waals surface area contributed by atoms with Gasteiger partial charge in [0, 0.05) is 17.3 Å². The van der Waals surface area contributed by atoms with Gasteiger partial charge in [-0.3, -0.25) is 4.79 Å². The zero-order valence-electron chi connectivity index (χ0n) is 13.7. The Labute approximate surface area is 145 Å². The Morgan fingerprint density at radius 3 is 2.52 bits per heavy atom. The molecule has 0 spiro atoms. The fourth-order valence-electron chi connectivity index (χ4n) is 2.77. The molecule has 0 fully saturated rings. The van der Waals surface area contributed by atoms with E-state index in [1.54, 1.807) is 31.2 Å². The Kier molecular flexibility index (Phi) is 3.90. The number of furan rings is 1. The van der Waals surface area contributed by atoms with Gasteiger partial charge in [-0.1, -0.05) is 30.3 Å². The molecule has 0 saturated carbocycles. The van der Waals surface area contributed by atoms with Crippen molar-refractivity contribution < 1.29 is 18.7 Å². The second-order valence-electron chi connectivity index (χ2n) is 5.76. The lowest BCUT2D eigenvalue weighted by Crippen LogP contribution is -2.16. The molecule has 2 aromatic carbocycles. The van der Waals surface area contributed by atoms with E-state index in [-0.39, 0.29) is 5.91 Å². The number of amides is 1. The van der Waals surface area contributed by atoms with Crippen molar-refractivity contribution in [2.75, 3.05) is 18.5 Å². The fraction of sp³-hybridized carbons (Fsp3) is 0.150. The summed E-state index contributed by atoms with van der Waals surface area (Å²) in [7, 11) is 0. The summed E-state index contributed by atoms with van der Waals surface area (Å²) in [5, 5.41) is 2.88. The van der Waals surface area contributed by atoms with Crippen molar-refractivity contribution in [2.45, 2.75) is 6.92 Å². The summed E-state index contributed by atoms with van der Waals surface area (Å²) in [6.07, 6.45) is 0. The molecule has 126 valence electrons. The molecule has 0 radical (unpaired) electrons. The maximum Gasteiger partial charge on any atom is 0.259 e. The third kappa shape index (κ3) is 3.08. The van der Waals surface area contributed by atoms with Crippen molar-refractivity contribution >= 4 is 11.6 Å².